The summed E-state index contributed by atoms with van der Waals surface area (Å²) in [5.41, 5.74) is -0.590. The highest BCUT2D eigenvalue weighted by Gasteiger charge is 2.41. The van der Waals surface area contributed by atoms with Crippen molar-refractivity contribution < 1.29 is 27.5 Å². The predicted octanol–water partition coefficient (Wildman–Crippen LogP) is 4.39. The molecule has 112 valence electrons. The first-order valence-corrected chi connectivity index (χ1v) is 6.30. The molecule has 3 nitrogen and oxygen atoms in total. The van der Waals surface area contributed by atoms with Gasteiger partial charge in [0.05, 0.1) is 5.56 Å². The quantitative estimate of drug-likeness (QED) is 0.714. The molecule has 3 rings (SSSR count). The minimum absolute atomic E-state index is 0.0684. The molecule has 0 saturated carbocycles. The lowest BCUT2D eigenvalue weighted by Crippen LogP contribution is -2.11. The van der Waals surface area contributed by atoms with Crippen LogP contribution in [0.15, 0.2) is 52.9 Å². The van der Waals surface area contributed by atoms with Crippen molar-refractivity contribution in [1.29, 1.82) is 0 Å². The highest BCUT2D eigenvalue weighted by molar-refractivity contribution is 6.17. The summed E-state index contributed by atoms with van der Waals surface area (Å²) in [6.45, 7) is 0. The van der Waals surface area contributed by atoms with E-state index in [0.717, 1.165) is 6.07 Å². The molecule has 0 aliphatic heterocycles. The van der Waals surface area contributed by atoms with Crippen molar-refractivity contribution in [3.8, 4) is 5.75 Å². The van der Waals surface area contributed by atoms with E-state index in [1.807, 2.05) is 0 Å². The molecule has 0 aliphatic rings. The van der Waals surface area contributed by atoms with Crippen molar-refractivity contribution in [2.45, 2.75) is 6.18 Å². The van der Waals surface area contributed by atoms with Gasteiger partial charge in [0.2, 0.25) is 5.76 Å². The van der Waals surface area contributed by atoms with Gasteiger partial charge in [-0.3, -0.25) is 4.79 Å². The van der Waals surface area contributed by atoms with Crippen LogP contribution in [-0.2, 0) is 6.18 Å². The highest BCUT2D eigenvalue weighted by Crippen LogP contribution is 2.39. The summed E-state index contributed by atoms with van der Waals surface area (Å²) in [7, 11) is 0. The molecule has 0 fully saturated rings. The second-order valence-electron chi connectivity index (χ2n) is 4.68. The van der Waals surface area contributed by atoms with E-state index in [4.69, 9.17) is 4.42 Å². The fourth-order valence-electron chi connectivity index (χ4n) is 2.24. The number of benzene rings is 2. The van der Waals surface area contributed by atoms with Gasteiger partial charge in [-0.25, -0.2) is 0 Å². The van der Waals surface area contributed by atoms with Crippen molar-refractivity contribution >= 4 is 16.8 Å². The molecular formula is C16H9F3O3. The van der Waals surface area contributed by atoms with E-state index in [1.54, 1.807) is 18.2 Å². The average Bonchev–Trinajstić information content (AvgIpc) is 2.86. The first kappa shape index (κ1) is 14.2. The molecule has 6 heteroatoms. The van der Waals surface area contributed by atoms with E-state index in [9.17, 15) is 23.1 Å². The maximum atomic E-state index is 13.2. The number of rotatable bonds is 2. The van der Waals surface area contributed by atoms with Gasteiger partial charge in [-0.05, 0) is 18.2 Å². The second-order valence-corrected chi connectivity index (χ2v) is 4.68. The molecule has 0 amide bonds. The fourth-order valence-corrected chi connectivity index (χ4v) is 2.24. The number of halogens is 3. The smallest absolute Gasteiger partial charge is 0.450 e. The average molecular weight is 306 g/mol. The van der Waals surface area contributed by atoms with Gasteiger partial charge in [0, 0.05) is 10.9 Å². The molecule has 22 heavy (non-hydrogen) atoms. The molecule has 1 aromatic heterocycles. The summed E-state index contributed by atoms with van der Waals surface area (Å²) in [5, 5.41) is 9.42. The zero-order valence-electron chi connectivity index (χ0n) is 11.0. The number of aromatic hydroxyl groups is 1. The van der Waals surface area contributed by atoms with E-state index < -0.39 is 23.3 Å². The van der Waals surface area contributed by atoms with Crippen LogP contribution in [0.2, 0.25) is 0 Å². The Hall–Kier alpha value is -2.76. The lowest BCUT2D eigenvalue weighted by Gasteiger charge is -2.06. The van der Waals surface area contributed by atoms with Crippen LogP contribution >= 0.6 is 0 Å². The lowest BCUT2D eigenvalue weighted by atomic mass is 10.00. The maximum absolute atomic E-state index is 13.2. The molecule has 2 aromatic carbocycles. The number of ketones is 1. The molecule has 1 heterocycles. The van der Waals surface area contributed by atoms with Crippen LogP contribution in [0.1, 0.15) is 21.7 Å². The molecule has 0 bridgehead atoms. The Bertz CT molecular complexity index is 848. The zero-order chi connectivity index (χ0) is 15.9. The minimum atomic E-state index is -4.81. The predicted molar refractivity (Wildman–Crippen MR) is 72.8 cm³/mol. The van der Waals surface area contributed by atoms with Crippen molar-refractivity contribution in [1.82, 2.24) is 0 Å². The number of phenols is 1. The second kappa shape index (κ2) is 4.91. The van der Waals surface area contributed by atoms with E-state index >= 15 is 0 Å². The Morgan fingerprint density at radius 2 is 1.73 bits per heavy atom. The van der Waals surface area contributed by atoms with Crippen molar-refractivity contribution in [3.05, 3.63) is 65.4 Å². The van der Waals surface area contributed by atoms with Crippen molar-refractivity contribution in [2.75, 3.05) is 0 Å². The number of fused-ring (bicyclic) bond motifs is 1. The Balaban J connectivity index is 2.30. The third-order valence-electron chi connectivity index (χ3n) is 3.19. The molecule has 0 atom stereocenters. The Kier molecular flexibility index (Phi) is 3.16. The van der Waals surface area contributed by atoms with Crippen LogP contribution in [0.5, 0.6) is 5.75 Å². The van der Waals surface area contributed by atoms with Crippen molar-refractivity contribution in [3.63, 3.8) is 0 Å². The minimum Gasteiger partial charge on any atom is -0.508 e. The molecule has 1 N–H and O–H groups in total. The van der Waals surface area contributed by atoms with Gasteiger partial charge in [0.25, 0.3) is 0 Å². The van der Waals surface area contributed by atoms with Crippen LogP contribution in [0, 0.1) is 0 Å². The topological polar surface area (TPSA) is 50.4 Å². The molecule has 3 aromatic rings. The van der Waals surface area contributed by atoms with Crippen LogP contribution in [-0.4, -0.2) is 10.9 Å². The molecule has 0 radical (unpaired) electrons. The van der Waals surface area contributed by atoms with E-state index in [0.29, 0.717) is 0 Å². The lowest BCUT2D eigenvalue weighted by molar-refractivity contribution is -0.152. The molecule has 0 saturated heterocycles. The van der Waals surface area contributed by atoms with Crippen LogP contribution in [0.3, 0.4) is 0 Å². The number of alkyl halides is 3. The van der Waals surface area contributed by atoms with Crippen LogP contribution < -0.4 is 0 Å². The molecule has 0 unspecified atom stereocenters. The van der Waals surface area contributed by atoms with Crippen LogP contribution in [0.4, 0.5) is 13.2 Å². The van der Waals surface area contributed by atoms with Gasteiger partial charge in [0.15, 0.2) is 5.78 Å². The monoisotopic (exact) mass is 306 g/mol. The van der Waals surface area contributed by atoms with Gasteiger partial charge in [-0.1, -0.05) is 30.3 Å². The normalized spacial score (nSPS) is 11.8. The number of carbonyl (C=O) groups is 1. The summed E-state index contributed by atoms with van der Waals surface area (Å²) < 4.78 is 44.3. The Morgan fingerprint density at radius 3 is 2.36 bits per heavy atom. The first-order chi connectivity index (χ1) is 10.4. The zero-order valence-corrected chi connectivity index (χ0v) is 11.0. The first-order valence-electron chi connectivity index (χ1n) is 6.30. The molecule has 0 spiro atoms. The maximum Gasteiger partial charge on any atom is 0.450 e. The number of phenolic OH excluding ortho intramolecular Hbond substituents is 1. The standard InChI is InChI=1S/C16H9F3O3/c17-16(18,19)15-13(14(21)9-4-2-1-3-5-9)11-8-10(20)6-7-12(11)22-15/h1-8,20H. The number of carbonyl (C=O) groups excluding carboxylic acids is 1. The number of hydrogen-bond acceptors (Lipinski definition) is 3. The molecular weight excluding hydrogens is 297 g/mol. The van der Waals surface area contributed by atoms with Gasteiger partial charge in [0.1, 0.15) is 11.3 Å². The summed E-state index contributed by atoms with van der Waals surface area (Å²) in [4.78, 5) is 12.5. The Labute approximate surface area is 122 Å². The summed E-state index contributed by atoms with van der Waals surface area (Å²) in [5.74, 6) is -2.41. The summed E-state index contributed by atoms with van der Waals surface area (Å²) >= 11 is 0. The van der Waals surface area contributed by atoms with Gasteiger partial charge >= 0.3 is 6.18 Å². The van der Waals surface area contributed by atoms with Gasteiger partial charge in [-0.2, -0.15) is 13.2 Å². The van der Waals surface area contributed by atoms with Crippen LogP contribution in [0.25, 0.3) is 11.0 Å². The number of furan rings is 1. The third-order valence-corrected chi connectivity index (χ3v) is 3.19. The van der Waals surface area contributed by atoms with Gasteiger partial charge < -0.3 is 9.52 Å². The summed E-state index contributed by atoms with van der Waals surface area (Å²) in [6.07, 6.45) is -4.81. The third kappa shape index (κ3) is 2.32. The van der Waals surface area contributed by atoms with Crippen molar-refractivity contribution in [2.24, 2.45) is 0 Å². The van der Waals surface area contributed by atoms with Gasteiger partial charge in [-0.15, -0.1) is 0 Å². The van der Waals surface area contributed by atoms with E-state index in [-0.39, 0.29) is 22.3 Å². The SMILES string of the molecule is O=C(c1ccccc1)c1c(C(F)(F)F)oc2ccc(O)cc12. The van der Waals surface area contributed by atoms with E-state index in [2.05, 4.69) is 0 Å². The highest BCUT2D eigenvalue weighted by atomic mass is 19.4. The largest absolute Gasteiger partial charge is 0.508 e. The summed E-state index contributed by atoms with van der Waals surface area (Å²) in [6, 6.07) is 11.1. The Morgan fingerprint density at radius 1 is 1.05 bits per heavy atom. The van der Waals surface area contributed by atoms with E-state index in [1.165, 1.54) is 24.3 Å². The number of hydrogen-bond donors (Lipinski definition) is 1. The molecule has 0 aliphatic carbocycles. The fraction of sp³-hybridized carbons (Fsp3) is 0.0625.